The molecule has 1 heterocycles. The van der Waals surface area contributed by atoms with Crippen LogP contribution >= 0.6 is 27.5 Å². The van der Waals surface area contributed by atoms with Crippen molar-refractivity contribution < 1.29 is 14.3 Å². The molecule has 0 aliphatic heterocycles. The summed E-state index contributed by atoms with van der Waals surface area (Å²) in [6.45, 7) is 9.92. The molecule has 1 aromatic carbocycles. The molecule has 8 heteroatoms. The third kappa shape index (κ3) is 6.04. The van der Waals surface area contributed by atoms with Crippen molar-refractivity contribution in [1.82, 2.24) is 10.3 Å². The largest absolute Gasteiger partial charge is 0.489 e. The molecule has 1 aromatic heterocycles. The number of H-pyrrole nitrogens is 1. The van der Waals surface area contributed by atoms with Crippen molar-refractivity contribution in [3.63, 3.8) is 0 Å². The molecule has 1 fully saturated rings. The Morgan fingerprint density at radius 1 is 1.27 bits per heavy atom. The molecule has 0 spiro atoms. The number of benzene rings is 1. The smallest absolute Gasteiger partial charge is 0.407 e. The number of carbonyl (C=O) groups is 1. The maximum Gasteiger partial charge on any atom is 0.407 e. The van der Waals surface area contributed by atoms with Crippen molar-refractivity contribution in [1.29, 1.82) is 0 Å². The van der Waals surface area contributed by atoms with Gasteiger partial charge in [-0.2, -0.15) is 0 Å². The Bertz CT molecular complexity index is 1050. The van der Waals surface area contributed by atoms with Crippen molar-refractivity contribution in [3.05, 3.63) is 38.2 Å². The molecule has 1 aliphatic carbocycles. The average molecular weight is 542 g/mol. The molecule has 3 rings (SSSR count). The maximum absolute atomic E-state index is 12.4. The molecule has 2 N–H and O–H groups in total. The van der Waals surface area contributed by atoms with E-state index in [0.29, 0.717) is 16.2 Å². The van der Waals surface area contributed by atoms with E-state index in [0.717, 1.165) is 48.4 Å². The van der Waals surface area contributed by atoms with Gasteiger partial charge in [0.15, 0.2) is 0 Å². The fourth-order valence-electron chi connectivity index (χ4n) is 4.86. The minimum atomic E-state index is -0.522. The summed E-state index contributed by atoms with van der Waals surface area (Å²) in [6, 6.07) is 3.54. The SMILES string of the molecule is CC[C@@H](NC(=O)OC(C)(C)C)C1(CC)CCC(Oc2cc3c(Br)c[nH]c(=O)c3cc2Cl)CC1. The number of fused-ring (bicyclic) bond motifs is 1. The van der Waals surface area contributed by atoms with Gasteiger partial charge in [0.2, 0.25) is 0 Å². The molecule has 2 aromatic rings. The number of nitrogens with one attached hydrogen (secondary N) is 2. The Morgan fingerprint density at radius 3 is 2.52 bits per heavy atom. The molecule has 0 radical (unpaired) electrons. The van der Waals surface area contributed by atoms with Crippen molar-refractivity contribution in [2.24, 2.45) is 5.41 Å². The normalized spacial score (nSPS) is 22.1. The highest BCUT2D eigenvalue weighted by Crippen LogP contribution is 2.45. The highest BCUT2D eigenvalue weighted by molar-refractivity contribution is 9.10. The van der Waals surface area contributed by atoms with Gasteiger partial charge in [-0.15, -0.1) is 0 Å². The third-order valence-corrected chi connectivity index (χ3v) is 7.62. The third-order valence-electron chi connectivity index (χ3n) is 6.67. The number of hydrogen-bond donors (Lipinski definition) is 2. The molecule has 33 heavy (non-hydrogen) atoms. The van der Waals surface area contributed by atoms with Gasteiger partial charge in [-0.25, -0.2) is 4.79 Å². The molecule has 0 saturated heterocycles. The maximum atomic E-state index is 12.4. The highest BCUT2D eigenvalue weighted by atomic mass is 79.9. The first-order valence-corrected chi connectivity index (χ1v) is 12.8. The zero-order valence-corrected chi connectivity index (χ0v) is 22.4. The number of ether oxygens (including phenoxy) is 2. The molecule has 1 atom stereocenters. The zero-order valence-electron chi connectivity index (χ0n) is 20.0. The lowest BCUT2D eigenvalue weighted by molar-refractivity contribution is 0.0249. The second kappa shape index (κ2) is 10.3. The summed E-state index contributed by atoms with van der Waals surface area (Å²) < 4.78 is 12.6. The summed E-state index contributed by atoms with van der Waals surface area (Å²) in [5.41, 5.74) is -0.698. The van der Waals surface area contributed by atoms with Crippen molar-refractivity contribution in [3.8, 4) is 5.75 Å². The summed E-state index contributed by atoms with van der Waals surface area (Å²) >= 11 is 9.95. The van der Waals surface area contributed by atoms with Gasteiger partial charge in [-0.1, -0.05) is 25.4 Å². The fourth-order valence-corrected chi connectivity index (χ4v) is 5.51. The van der Waals surface area contributed by atoms with Crippen LogP contribution in [0, 0.1) is 5.41 Å². The first kappa shape index (κ1) is 25.9. The lowest BCUT2D eigenvalue weighted by Crippen LogP contribution is -2.50. The van der Waals surface area contributed by atoms with Crippen LogP contribution in [-0.4, -0.2) is 28.8 Å². The lowest BCUT2D eigenvalue weighted by Gasteiger charge is -2.45. The second-order valence-electron chi connectivity index (χ2n) is 9.93. The number of aromatic nitrogens is 1. The van der Waals surface area contributed by atoms with Crippen LogP contribution in [0.1, 0.15) is 73.1 Å². The lowest BCUT2D eigenvalue weighted by atomic mass is 9.66. The predicted molar refractivity (Wildman–Crippen MR) is 136 cm³/mol. The fraction of sp³-hybridized carbons (Fsp3) is 0.600. The van der Waals surface area contributed by atoms with Crippen LogP contribution < -0.4 is 15.6 Å². The predicted octanol–water partition coefficient (Wildman–Crippen LogP) is 6.97. The number of pyridine rings is 1. The molecular formula is C25H34BrClN2O4. The van der Waals surface area contributed by atoms with Crippen LogP contribution in [0.3, 0.4) is 0 Å². The molecule has 1 amide bonds. The van der Waals surface area contributed by atoms with E-state index >= 15 is 0 Å². The average Bonchev–Trinajstić information content (AvgIpc) is 2.75. The van der Waals surface area contributed by atoms with Gasteiger partial charge in [0, 0.05) is 27.5 Å². The number of alkyl carbamates (subject to hydrolysis) is 1. The van der Waals surface area contributed by atoms with Crippen LogP contribution in [0.2, 0.25) is 5.02 Å². The summed E-state index contributed by atoms with van der Waals surface area (Å²) in [5.74, 6) is 0.586. The standard InChI is InChI=1S/C25H34BrClN2O4/c1-6-21(29-23(31)33-24(3,4)5)25(7-2)10-8-15(9-11-25)32-20-13-16-17(12-19(20)27)22(30)28-14-18(16)26/h12-15,21H,6-11H2,1-5H3,(H,28,30)(H,29,31)/t15?,21-,25?/m1/s1. The first-order valence-electron chi connectivity index (χ1n) is 11.6. The number of halogens is 2. The Kier molecular flexibility index (Phi) is 8.05. The van der Waals surface area contributed by atoms with Gasteiger partial charge in [-0.3, -0.25) is 4.79 Å². The van der Waals surface area contributed by atoms with E-state index in [1.54, 1.807) is 12.3 Å². The summed E-state index contributed by atoms with van der Waals surface area (Å²) in [5, 5.41) is 4.85. The monoisotopic (exact) mass is 540 g/mol. The molecular weight excluding hydrogens is 508 g/mol. The number of amides is 1. The quantitative estimate of drug-likeness (QED) is 0.414. The van der Waals surface area contributed by atoms with Crippen LogP contribution in [0.5, 0.6) is 5.75 Å². The van der Waals surface area contributed by atoms with Gasteiger partial charge in [0.1, 0.15) is 11.4 Å². The minimum Gasteiger partial charge on any atom is -0.489 e. The number of aromatic amines is 1. The Hall–Kier alpha value is -1.73. The molecule has 182 valence electrons. The van der Waals surface area contributed by atoms with Gasteiger partial charge < -0.3 is 19.8 Å². The van der Waals surface area contributed by atoms with Crippen molar-refractivity contribution in [2.45, 2.75) is 90.9 Å². The van der Waals surface area contributed by atoms with E-state index in [4.69, 9.17) is 21.1 Å². The van der Waals surface area contributed by atoms with Crippen molar-refractivity contribution in [2.75, 3.05) is 0 Å². The number of carbonyl (C=O) groups excluding carboxylic acids is 1. The van der Waals surface area contributed by atoms with E-state index < -0.39 is 5.60 Å². The van der Waals surface area contributed by atoms with Crippen LogP contribution in [0.15, 0.2) is 27.6 Å². The van der Waals surface area contributed by atoms with Crippen LogP contribution in [0.25, 0.3) is 10.8 Å². The number of rotatable bonds is 6. The van der Waals surface area contributed by atoms with Crippen molar-refractivity contribution >= 4 is 44.4 Å². The molecule has 1 aliphatic rings. The molecule has 0 bridgehead atoms. The summed E-state index contributed by atoms with van der Waals surface area (Å²) in [6.07, 6.45) is 6.73. The van der Waals surface area contributed by atoms with Crippen LogP contribution in [0.4, 0.5) is 4.79 Å². The molecule has 0 unspecified atom stereocenters. The van der Waals surface area contributed by atoms with E-state index in [1.165, 1.54) is 0 Å². The van der Waals surface area contributed by atoms with Gasteiger partial charge in [0.25, 0.3) is 5.56 Å². The van der Waals surface area contributed by atoms with E-state index in [2.05, 4.69) is 40.1 Å². The topological polar surface area (TPSA) is 80.4 Å². The zero-order chi connectivity index (χ0) is 24.4. The second-order valence-corrected chi connectivity index (χ2v) is 11.2. The van der Waals surface area contributed by atoms with E-state index in [-0.39, 0.29) is 29.2 Å². The number of hydrogen-bond acceptors (Lipinski definition) is 4. The van der Waals surface area contributed by atoms with Gasteiger partial charge >= 0.3 is 6.09 Å². The van der Waals surface area contributed by atoms with Gasteiger partial charge in [-0.05, 0) is 92.8 Å². The summed E-state index contributed by atoms with van der Waals surface area (Å²) in [4.78, 5) is 27.2. The highest BCUT2D eigenvalue weighted by Gasteiger charge is 2.41. The van der Waals surface area contributed by atoms with E-state index in [1.807, 2.05) is 26.8 Å². The Morgan fingerprint density at radius 2 is 1.94 bits per heavy atom. The Balaban J connectivity index is 1.71. The minimum absolute atomic E-state index is 0.00894. The Labute approximate surface area is 208 Å². The van der Waals surface area contributed by atoms with Gasteiger partial charge in [0.05, 0.1) is 11.1 Å². The summed E-state index contributed by atoms with van der Waals surface area (Å²) in [7, 11) is 0. The first-order chi connectivity index (χ1) is 15.5. The van der Waals surface area contributed by atoms with E-state index in [9.17, 15) is 9.59 Å². The molecule has 6 nitrogen and oxygen atoms in total. The van der Waals surface area contributed by atoms with Crippen LogP contribution in [-0.2, 0) is 4.74 Å². The molecule has 1 saturated carbocycles.